The summed E-state index contributed by atoms with van der Waals surface area (Å²) >= 11 is 0. The number of benzene rings is 1. The van der Waals surface area contributed by atoms with E-state index in [9.17, 15) is 14.7 Å². The Morgan fingerprint density at radius 1 is 1.23 bits per heavy atom. The zero-order chi connectivity index (χ0) is 18.5. The number of carbonyl (C=O) groups is 2. The molecule has 2 N–H and O–H groups in total. The van der Waals surface area contributed by atoms with Crippen LogP contribution in [-0.2, 0) is 4.79 Å². The molecule has 1 atom stereocenters. The van der Waals surface area contributed by atoms with E-state index in [4.69, 9.17) is 9.15 Å². The van der Waals surface area contributed by atoms with Gasteiger partial charge in [0.05, 0.1) is 6.26 Å². The molecule has 2 aromatic rings. The van der Waals surface area contributed by atoms with Gasteiger partial charge in [-0.25, -0.2) is 0 Å². The van der Waals surface area contributed by atoms with Gasteiger partial charge in [0.2, 0.25) is 0 Å². The average Bonchev–Trinajstić information content (AvgIpc) is 3.18. The summed E-state index contributed by atoms with van der Waals surface area (Å²) in [6.07, 6.45) is 2.22. The second kappa shape index (κ2) is 7.95. The first-order valence-electron chi connectivity index (χ1n) is 8.62. The Balaban J connectivity index is 1.47. The maximum Gasteiger partial charge on any atom is 0.287 e. The van der Waals surface area contributed by atoms with E-state index in [1.807, 2.05) is 0 Å². The van der Waals surface area contributed by atoms with Crippen LogP contribution in [0.25, 0.3) is 0 Å². The fourth-order valence-corrected chi connectivity index (χ4v) is 2.94. The maximum absolute atomic E-state index is 12.5. The number of aromatic hydroxyl groups is 1. The van der Waals surface area contributed by atoms with Crippen LogP contribution >= 0.6 is 0 Å². The van der Waals surface area contributed by atoms with Gasteiger partial charge in [-0.3, -0.25) is 9.59 Å². The number of amides is 2. The van der Waals surface area contributed by atoms with E-state index in [0.29, 0.717) is 37.4 Å². The molecule has 3 rings (SSSR count). The number of phenolic OH excluding ortho intramolecular Hbond substituents is 1. The van der Waals surface area contributed by atoms with Crippen molar-refractivity contribution in [2.45, 2.75) is 31.9 Å². The number of carbonyl (C=O) groups excluding carboxylic acids is 2. The van der Waals surface area contributed by atoms with Gasteiger partial charge in [0, 0.05) is 19.1 Å². The van der Waals surface area contributed by atoms with E-state index >= 15 is 0 Å². The van der Waals surface area contributed by atoms with Gasteiger partial charge >= 0.3 is 0 Å². The summed E-state index contributed by atoms with van der Waals surface area (Å²) in [5.74, 6) is 0.649. The summed E-state index contributed by atoms with van der Waals surface area (Å²) in [5, 5.41) is 12.2. The van der Waals surface area contributed by atoms with Gasteiger partial charge < -0.3 is 24.5 Å². The number of hydrogen-bond donors (Lipinski definition) is 2. The second-order valence-corrected chi connectivity index (χ2v) is 6.30. The van der Waals surface area contributed by atoms with Crippen molar-refractivity contribution < 1.29 is 23.8 Å². The smallest absolute Gasteiger partial charge is 0.287 e. The summed E-state index contributed by atoms with van der Waals surface area (Å²) in [7, 11) is 0. The highest BCUT2D eigenvalue weighted by molar-refractivity contribution is 5.91. The molecule has 26 heavy (non-hydrogen) atoms. The van der Waals surface area contributed by atoms with Gasteiger partial charge in [-0.2, -0.15) is 0 Å². The number of ether oxygens (including phenoxy) is 1. The minimum Gasteiger partial charge on any atom is -0.508 e. The van der Waals surface area contributed by atoms with Gasteiger partial charge in [0.1, 0.15) is 11.5 Å². The zero-order valence-corrected chi connectivity index (χ0v) is 14.6. The molecule has 2 amide bonds. The molecular weight excluding hydrogens is 336 g/mol. The molecular formula is C19H22N2O5. The number of rotatable bonds is 5. The van der Waals surface area contributed by atoms with Crippen molar-refractivity contribution in [3.63, 3.8) is 0 Å². The molecule has 7 heteroatoms. The third kappa shape index (κ3) is 4.36. The lowest BCUT2D eigenvalue weighted by Gasteiger charge is -2.33. The highest BCUT2D eigenvalue weighted by Gasteiger charge is 2.28. The minimum atomic E-state index is -0.617. The summed E-state index contributed by atoms with van der Waals surface area (Å²) in [4.78, 5) is 26.3. The van der Waals surface area contributed by atoms with E-state index in [1.165, 1.54) is 18.4 Å². The molecule has 138 valence electrons. The minimum absolute atomic E-state index is 0.0185. The van der Waals surface area contributed by atoms with Gasteiger partial charge in [-0.1, -0.05) is 0 Å². The van der Waals surface area contributed by atoms with Crippen molar-refractivity contribution in [3.05, 3.63) is 48.4 Å². The Labute approximate surface area is 151 Å². The topological polar surface area (TPSA) is 92.0 Å². The van der Waals surface area contributed by atoms with Gasteiger partial charge in [-0.05, 0) is 56.2 Å². The molecule has 0 aliphatic carbocycles. The van der Waals surface area contributed by atoms with Crippen molar-refractivity contribution in [1.29, 1.82) is 0 Å². The largest absolute Gasteiger partial charge is 0.508 e. The van der Waals surface area contributed by atoms with Crippen molar-refractivity contribution in [2.24, 2.45) is 0 Å². The molecule has 1 aliphatic rings. The van der Waals surface area contributed by atoms with Gasteiger partial charge in [-0.15, -0.1) is 0 Å². The lowest BCUT2D eigenvalue weighted by Crippen LogP contribution is -2.49. The van der Waals surface area contributed by atoms with E-state index in [-0.39, 0.29) is 23.6 Å². The van der Waals surface area contributed by atoms with Gasteiger partial charge in [0.25, 0.3) is 11.8 Å². The lowest BCUT2D eigenvalue weighted by molar-refractivity contribution is -0.139. The highest BCUT2D eigenvalue weighted by atomic mass is 16.5. The van der Waals surface area contributed by atoms with Gasteiger partial charge in [0.15, 0.2) is 11.9 Å². The van der Waals surface area contributed by atoms with E-state index in [1.54, 1.807) is 36.1 Å². The summed E-state index contributed by atoms with van der Waals surface area (Å²) in [6.45, 7) is 2.83. The summed E-state index contributed by atoms with van der Waals surface area (Å²) < 4.78 is 10.7. The molecule has 0 bridgehead atoms. The van der Waals surface area contributed by atoms with Crippen LogP contribution in [0, 0.1) is 0 Å². The zero-order valence-electron chi connectivity index (χ0n) is 14.6. The maximum atomic E-state index is 12.5. The Hall–Kier alpha value is -2.96. The molecule has 1 fully saturated rings. The average molecular weight is 358 g/mol. The predicted octanol–water partition coefficient (Wildman–Crippen LogP) is 2.17. The van der Waals surface area contributed by atoms with Crippen molar-refractivity contribution in [3.8, 4) is 11.5 Å². The van der Waals surface area contributed by atoms with E-state index in [2.05, 4.69) is 5.32 Å². The first kappa shape index (κ1) is 17.8. The molecule has 0 saturated carbocycles. The number of phenols is 1. The van der Waals surface area contributed by atoms with Crippen LogP contribution in [0.3, 0.4) is 0 Å². The SMILES string of the molecule is CC(Oc1ccc(O)cc1)C(=O)N1CCC(NC(=O)c2ccco2)CC1. The normalized spacial score (nSPS) is 16.1. The second-order valence-electron chi connectivity index (χ2n) is 6.30. The fourth-order valence-electron chi connectivity index (χ4n) is 2.94. The Morgan fingerprint density at radius 3 is 2.54 bits per heavy atom. The highest BCUT2D eigenvalue weighted by Crippen LogP contribution is 2.19. The van der Waals surface area contributed by atoms with Crippen LogP contribution in [0.5, 0.6) is 11.5 Å². The Kier molecular flexibility index (Phi) is 5.46. The first-order chi connectivity index (χ1) is 12.5. The number of likely N-dealkylation sites (tertiary alicyclic amines) is 1. The van der Waals surface area contributed by atoms with Crippen LogP contribution < -0.4 is 10.1 Å². The summed E-state index contributed by atoms with van der Waals surface area (Å²) in [6, 6.07) is 9.58. The third-order valence-corrected chi connectivity index (χ3v) is 4.38. The van der Waals surface area contributed by atoms with Crippen LogP contribution in [-0.4, -0.2) is 47.1 Å². The van der Waals surface area contributed by atoms with E-state index < -0.39 is 6.10 Å². The van der Waals surface area contributed by atoms with Crippen molar-refractivity contribution in [1.82, 2.24) is 10.2 Å². The number of furan rings is 1. The molecule has 0 spiro atoms. The van der Waals surface area contributed by atoms with Crippen molar-refractivity contribution >= 4 is 11.8 Å². The van der Waals surface area contributed by atoms with Crippen LogP contribution in [0.2, 0.25) is 0 Å². The predicted molar refractivity (Wildman–Crippen MR) is 94.0 cm³/mol. The quantitative estimate of drug-likeness (QED) is 0.855. The van der Waals surface area contributed by atoms with E-state index in [0.717, 1.165) is 0 Å². The molecule has 1 saturated heterocycles. The van der Waals surface area contributed by atoms with Crippen LogP contribution in [0.1, 0.15) is 30.3 Å². The first-order valence-corrected chi connectivity index (χ1v) is 8.62. The molecule has 1 aromatic carbocycles. The third-order valence-electron chi connectivity index (χ3n) is 4.38. The Morgan fingerprint density at radius 2 is 1.92 bits per heavy atom. The molecule has 7 nitrogen and oxygen atoms in total. The molecule has 1 aromatic heterocycles. The number of nitrogens with zero attached hydrogens (tertiary/aromatic N) is 1. The Bertz CT molecular complexity index is 734. The molecule has 1 aliphatic heterocycles. The number of piperidine rings is 1. The van der Waals surface area contributed by atoms with Crippen LogP contribution in [0.15, 0.2) is 47.1 Å². The number of nitrogens with one attached hydrogen (secondary N) is 1. The lowest BCUT2D eigenvalue weighted by atomic mass is 10.0. The van der Waals surface area contributed by atoms with Crippen LogP contribution in [0.4, 0.5) is 0 Å². The molecule has 0 radical (unpaired) electrons. The molecule has 1 unspecified atom stereocenters. The standard InChI is InChI=1S/C19H22N2O5/c1-13(26-16-6-4-15(22)5-7-16)19(24)21-10-8-14(9-11-21)20-18(23)17-3-2-12-25-17/h2-7,12-14,22H,8-11H2,1H3,(H,20,23). The number of hydrogen-bond acceptors (Lipinski definition) is 5. The monoisotopic (exact) mass is 358 g/mol. The van der Waals surface area contributed by atoms with Crippen molar-refractivity contribution in [2.75, 3.05) is 13.1 Å². The summed E-state index contributed by atoms with van der Waals surface area (Å²) in [5.41, 5.74) is 0. The fraction of sp³-hybridized carbons (Fsp3) is 0.368. The molecule has 2 heterocycles.